The molecule has 21 atom stereocenters. The SMILES string of the molecule is CC[C@H](C)[C@H](NC(=O)[C@H](CO)NC(=O)[C@H](Cc1ccccc1)NC(=O)[C@H](CC(=O)O)NC(=O)[C@H](CO)NC(=O)[C@H](C)NC(=O)[C@H](CCCCN)NC(=O)[C@H](CS)NC(=O)[C@H](CO)NC(=O)[C@@H](NC(=O)[C@H](CCCCN)NC(=O)[C@@H](NC(=O)[C@H](CC(C)C)NC(=O)[C@H](C)NC(=O)CNC(=O)[C@@H]1CCCN1C(=O)[C@H](CCCCN)NC(=O)[C@@H](N)C(C)C)C(C)C)[C@@H](C)CC)C(=O)N[C@@H](CCCCN)C(=O)N[C@@H](CC(=O)O)C(=O)O. The van der Waals surface area contributed by atoms with Crippen molar-refractivity contribution in [1.29, 1.82) is 0 Å². The van der Waals surface area contributed by atoms with Crippen molar-refractivity contribution in [1.82, 2.24) is 101 Å². The number of unbranched alkanes of at least 4 members (excludes halogenated alkanes) is 4. The Morgan fingerprint density at radius 2 is 0.714 bits per heavy atom. The van der Waals surface area contributed by atoms with Crippen LogP contribution in [0.3, 0.4) is 0 Å². The van der Waals surface area contributed by atoms with Gasteiger partial charge in [-0.25, -0.2) is 4.79 Å². The Morgan fingerprint density at radius 3 is 1.15 bits per heavy atom. The molecule has 1 saturated heterocycles. The summed E-state index contributed by atoms with van der Waals surface area (Å²) in [6, 6.07) is -21.5. The summed E-state index contributed by atoms with van der Waals surface area (Å²) in [5.41, 5.74) is 29.4. The van der Waals surface area contributed by atoms with Gasteiger partial charge in [0.2, 0.25) is 112 Å². The Hall–Kier alpha value is -12.4. The topological polar surface area (TPSA) is 847 Å². The van der Waals surface area contributed by atoms with E-state index in [2.05, 4.69) is 108 Å². The van der Waals surface area contributed by atoms with Crippen molar-refractivity contribution < 1.29 is 136 Å². The van der Waals surface area contributed by atoms with Gasteiger partial charge in [-0.1, -0.05) is 112 Å². The van der Waals surface area contributed by atoms with Gasteiger partial charge >= 0.3 is 17.9 Å². The number of thiol groups is 1. The smallest absolute Gasteiger partial charge is 0.326 e. The highest BCUT2D eigenvalue weighted by Gasteiger charge is 2.43. The van der Waals surface area contributed by atoms with E-state index in [4.69, 9.17) is 28.7 Å². The maximum absolute atomic E-state index is 14.6. The fourth-order valence-corrected chi connectivity index (χ4v) is 15.4. The van der Waals surface area contributed by atoms with Gasteiger partial charge in [-0.05, 0) is 171 Å². The summed E-state index contributed by atoms with van der Waals surface area (Å²) in [6.45, 7) is 16.0. The van der Waals surface area contributed by atoms with Gasteiger partial charge in [0.25, 0.3) is 0 Å². The second-order valence-corrected chi connectivity index (χ2v) is 38.0. The van der Waals surface area contributed by atoms with E-state index >= 15 is 0 Å². The lowest BCUT2D eigenvalue weighted by Crippen LogP contribution is -2.62. The van der Waals surface area contributed by atoms with Crippen molar-refractivity contribution in [2.75, 3.05) is 64.8 Å². The molecule has 34 N–H and O–H groups in total. The molecule has 52 nitrogen and oxygen atoms in total. The molecule has 1 fully saturated rings. The number of amides is 19. The molecule has 1 aliphatic rings. The highest BCUT2D eigenvalue weighted by Crippen LogP contribution is 2.22. The molecule has 19 amide bonds. The average molecular weight is 2110 g/mol. The second-order valence-electron chi connectivity index (χ2n) is 37.6. The number of hydrogen-bond donors (Lipinski definition) is 30. The number of aliphatic hydroxyl groups excluding tert-OH is 3. The molecule has 0 spiro atoms. The van der Waals surface area contributed by atoms with Crippen LogP contribution in [0.1, 0.15) is 211 Å². The standard InChI is InChI=1S/C94H160N24O28S/c1-13-51(9)74(91(142)105-57(30-19-23-35-96)79(130)110-63(94(145)146)42-71(125)126)117-86(137)66(46-121)112-81(132)61(40-55-27-16-15-17-28-55)108-82(133)62(41-70(123)124)109-84(135)64(44-119)111-77(128)54(12)102-78(129)56(29-18-22-34-95)103-87(138)67(47-147)114-85(136)65(45-120)113-92(143)75(52(10)14-2)116-80(131)58(31-20-24-36-97)104-90(141)73(50(7)8)115-83(134)60(39-48(3)4)107-76(127)53(11)101-69(122)43-100-88(139)68-33-26-38-118(68)93(144)59(32-21-25-37-98)106-89(140)72(99)49(5)6/h15-17,27-28,48-54,56-68,72-75,119-121,147H,13-14,18-26,29-47,95-99H2,1-12H3,(H,100,139)(H,101,122)(H,102,129)(H,103,138)(H,104,141)(H,105,142)(H,106,140)(H,107,127)(H,108,133)(H,109,135)(H,110,130)(H,111,128)(H,112,132)(H,113,143)(H,114,136)(H,115,134)(H,116,131)(H,117,137)(H,123,124)(H,125,126)(H,145,146)/t51-,52-,53-,54-,56-,57-,58-,59-,60-,61-,62-,63-,64-,65-,66-,67-,68-,72-,73-,74-,75-/m0/s1. The summed E-state index contributed by atoms with van der Waals surface area (Å²) in [7, 11) is 0. The van der Waals surface area contributed by atoms with Crippen LogP contribution in [0.2, 0.25) is 0 Å². The van der Waals surface area contributed by atoms with Crippen LogP contribution in [0.25, 0.3) is 0 Å². The highest BCUT2D eigenvalue weighted by atomic mass is 32.1. The third-order valence-electron chi connectivity index (χ3n) is 24.5. The summed E-state index contributed by atoms with van der Waals surface area (Å²) in [5, 5.41) is 104. The largest absolute Gasteiger partial charge is 0.481 e. The molecule has 1 heterocycles. The van der Waals surface area contributed by atoms with Crippen LogP contribution in [0.15, 0.2) is 30.3 Å². The Bertz CT molecular complexity index is 4510. The minimum atomic E-state index is -2.12. The van der Waals surface area contributed by atoms with Crippen LogP contribution in [-0.2, 0) is 112 Å². The summed E-state index contributed by atoms with van der Waals surface area (Å²) >= 11 is 4.24. The van der Waals surface area contributed by atoms with Crippen LogP contribution < -0.4 is 124 Å². The average Bonchev–Trinajstić information content (AvgIpc) is 1.70. The molecule has 0 aliphatic carbocycles. The zero-order valence-corrected chi connectivity index (χ0v) is 86.8. The van der Waals surface area contributed by atoms with Crippen LogP contribution in [0, 0.1) is 29.6 Å². The first-order valence-electron chi connectivity index (χ1n) is 49.8. The van der Waals surface area contributed by atoms with Gasteiger partial charge in [-0.2, -0.15) is 12.6 Å². The third kappa shape index (κ3) is 46.7. The maximum Gasteiger partial charge on any atom is 0.326 e. The number of aliphatic hydroxyl groups is 3. The normalized spacial score (nSPS) is 16.4. The number of nitrogens with two attached hydrogens (primary N) is 5. The molecular formula is C94H160N24O28S. The zero-order valence-electron chi connectivity index (χ0n) is 85.9. The number of carbonyl (C=O) groups is 22. The van der Waals surface area contributed by atoms with Crippen molar-refractivity contribution in [3.05, 3.63) is 35.9 Å². The number of benzene rings is 1. The van der Waals surface area contributed by atoms with Crippen molar-refractivity contribution in [3.63, 3.8) is 0 Å². The van der Waals surface area contributed by atoms with Gasteiger partial charge in [-0.3, -0.25) is 101 Å². The summed E-state index contributed by atoms with van der Waals surface area (Å²) in [4.78, 5) is 303. The maximum atomic E-state index is 14.6. The van der Waals surface area contributed by atoms with Crippen LogP contribution in [0.4, 0.5) is 0 Å². The molecule has 0 radical (unpaired) electrons. The number of rotatable bonds is 72. The lowest BCUT2D eigenvalue weighted by molar-refractivity contribution is -0.147. The number of likely N-dealkylation sites (tertiary alicyclic amines) is 1. The van der Waals surface area contributed by atoms with E-state index in [-0.39, 0.29) is 115 Å². The van der Waals surface area contributed by atoms with E-state index in [1.54, 1.807) is 80.5 Å². The van der Waals surface area contributed by atoms with E-state index in [1.165, 1.54) is 30.9 Å². The first kappa shape index (κ1) is 131. The van der Waals surface area contributed by atoms with E-state index < -0.39 is 314 Å². The highest BCUT2D eigenvalue weighted by molar-refractivity contribution is 7.80. The molecule has 53 heteroatoms. The van der Waals surface area contributed by atoms with Gasteiger partial charge in [0.05, 0.1) is 45.2 Å². The molecular weight excluding hydrogens is 1950 g/mol. The van der Waals surface area contributed by atoms with Crippen molar-refractivity contribution in [3.8, 4) is 0 Å². The fourth-order valence-electron chi connectivity index (χ4n) is 15.1. The van der Waals surface area contributed by atoms with E-state index in [1.807, 2.05) is 0 Å². The molecule has 0 aromatic heterocycles. The number of carboxylic acids is 3. The minimum Gasteiger partial charge on any atom is -0.481 e. The fraction of sp³-hybridized carbons (Fsp3) is 0.702. The first-order valence-corrected chi connectivity index (χ1v) is 50.4. The van der Waals surface area contributed by atoms with Gasteiger partial charge in [0, 0.05) is 18.7 Å². The number of carboxylic acid groups (broad SMARTS) is 3. The van der Waals surface area contributed by atoms with Gasteiger partial charge in [-0.15, -0.1) is 0 Å². The molecule has 2 rings (SSSR count). The minimum absolute atomic E-state index is 0.0239. The molecule has 147 heavy (non-hydrogen) atoms. The summed E-state index contributed by atoms with van der Waals surface area (Å²) in [5.74, 6) is -26.7. The number of carbonyl (C=O) groups excluding carboxylic acids is 19. The number of aliphatic carboxylic acids is 3. The van der Waals surface area contributed by atoms with Crippen molar-refractivity contribution in [2.24, 2.45) is 58.3 Å². The second kappa shape index (κ2) is 68.9. The molecule has 1 aromatic carbocycles. The Morgan fingerprint density at radius 1 is 0.374 bits per heavy atom. The number of nitrogens with zero attached hydrogens (tertiary/aromatic N) is 1. The van der Waals surface area contributed by atoms with Crippen molar-refractivity contribution in [2.45, 2.75) is 326 Å². The molecule has 0 unspecified atom stereocenters. The van der Waals surface area contributed by atoms with E-state index in [0.29, 0.717) is 44.2 Å². The molecule has 0 saturated carbocycles. The van der Waals surface area contributed by atoms with Gasteiger partial charge in [0.1, 0.15) is 109 Å². The third-order valence-corrected chi connectivity index (χ3v) is 24.8. The predicted octanol–water partition coefficient (Wildman–Crippen LogP) is -8.15. The molecule has 0 bridgehead atoms. The number of nitrogens with one attached hydrogen (secondary N) is 18. The quantitative estimate of drug-likeness (QED) is 0.0213. The Balaban J connectivity index is 2.33. The molecule has 1 aromatic rings. The first-order chi connectivity index (χ1) is 69.4. The molecule has 830 valence electrons. The predicted molar refractivity (Wildman–Crippen MR) is 537 cm³/mol. The lowest BCUT2D eigenvalue weighted by Gasteiger charge is -2.30. The van der Waals surface area contributed by atoms with E-state index in [9.17, 15) is 136 Å². The summed E-state index contributed by atoms with van der Waals surface area (Å²) < 4.78 is 0. The van der Waals surface area contributed by atoms with Crippen molar-refractivity contribution >= 4 is 143 Å². The number of hydrogen-bond acceptors (Lipinski definition) is 31. The monoisotopic (exact) mass is 2110 g/mol. The van der Waals surface area contributed by atoms with Gasteiger partial charge < -0.3 is 160 Å². The van der Waals surface area contributed by atoms with Gasteiger partial charge in [0.15, 0.2) is 0 Å². The Kier molecular flexibility index (Phi) is 61.3. The van der Waals surface area contributed by atoms with Crippen LogP contribution >= 0.6 is 12.6 Å². The molecule has 1 aliphatic heterocycles. The van der Waals surface area contributed by atoms with Crippen LogP contribution in [-0.4, -0.2) is 345 Å². The van der Waals surface area contributed by atoms with Crippen LogP contribution in [0.5, 0.6) is 0 Å². The summed E-state index contributed by atoms with van der Waals surface area (Å²) in [6.07, 6.45) is 1.05. The van der Waals surface area contributed by atoms with E-state index in [0.717, 1.165) is 6.92 Å². The Labute approximate surface area is 860 Å². The lowest BCUT2D eigenvalue weighted by atomic mass is 9.96. The zero-order chi connectivity index (χ0) is 111.